The number of benzene rings is 3. The van der Waals surface area contributed by atoms with Crippen LogP contribution in [0.4, 0.5) is 0 Å². The van der Waals surface area contributed by atoms with Crippen LogP contribution < -0.4 is 5.32 Å². The van der Waals surface area contributed by atoms with Crippen molar-refractivity contribution in [1.82, 2.24) is 10.3 Å². The summed E-state index contributed by atoms with van der Waals surface area (Å²) in [6.45, 7) is 11.5. The lowest BCUT2D eigenvalue weighted by Crippen LogP contribution is -2.65. The van der Waals surface area contributed by atoms with Crippen molar-refractivity contribution in [3.05, 3.63) is 95.7 Å². The maximum Gasteiger partial charge on any atom is 0.481 e. The first kappa shape index (κ1) is 33.3. The predicted octanol–water partition coefficient (Wildman–Crippen LogP) is 7.87. The van der Waals surface area contributed by atoms with Gasteiger partial charge >= 0.3 is 13.1 Å². The van der Waals surface area contributed by atoms with Gasteiger partial charge in [0, 0.05) is 23.0 Å². The van der Waals surface area contributed by atoms with E-state index in [0.717, 1.165) is 34.0 Å². The number of esters is 1. The molecule has 50 heavy (non-hydrogen) atoms. The Morgan fingerprint density at radius 3 is 2.34 bits per heavy atom. The molecule has 4 aliphatic carbocycles. The number of hydrogen-bond acceptors (Lipinski definition) is 5. The molecule has 0 spiro atoms. The first-order chi connectivity index (χ1) is 24.0. The van der Waals surface area contributed by atoms with Crippen molar-refractivity contribution in [2.75, 3.05) is 6.61 Å². The maximum atomic E-state index is 14.4. The Morgan fingerprint density at radius 2 is 1.64 bits per heavy atom. The molecule has 2 heterocycles. The molecule has 3 saturated carbocycles. The highest BCUT2D eigenvalue weighted by Crippen LogP contribution is 2.65. The minimum atomic E-state index is -0.634. The molecule has 3 aromatic carbocycles. The lowest BCUT2D eigenvalue weighted by atomic mass is 9.43. The number of carbonyl (C=O) groups is 2. The van der Waals surface area contributed by atoms with Gasteiger partial charge in [0.05, 0.1) is 30.0 Å². The predicted molar refractivity (Wildman–Crippen MR) is 196 cm³/mol. The fourth-order valence-electron chi connectivity index (χ4n) is 9.82. The van der Waals surface area contributed by atoms with Gasteiger partial charge < -0.3 is 24.3 Å². The Bertz CT molecular complexity index is 1870. The Hall–Kier alpha value is -3.88. The summed E-state index contributed by atoms with van der Waals surface area (Å²) in [6, 6.07) is 24.7. The number of amides is 1. The average Bonchev–Trinajstić information content (AvgIpc) is 3.77. The number of fused-ring (bicyclic) bond motifs is 4. The molecule has 1 aliphatic heterocycles. The van der Waals surface area contributed by atoms with Crippen molar-refractivity contribution < 1.29 is 23.6 Å². The monoisotopic (exact) mass is 672 g/mol. The van der Waals surface area contributed by atoms with Crippen molar-refractivity contribution in [2.45, 2.75) is 90.3 Å². The first-order valence-corrected chi connectivity index (χ1v) is 18.6. The highest BCUT2D eigenvalue weighted by atomic mass is 16.7. The normalized spacial score (nSPS) is 25.8. The number of hydrogen-bond donors (Lipinski definition) is 2. The zero-order valence-corrected chi connectivity index (χ0v) is 29.9. The second-order valence-electron chi connectivity index (χ2n) is 16.5. The van der Waals surface area contributed by atoms with E-state index in [1.807, 2.05) is 48.7 Å². The Balaban J connectivity index is 1.01. The summed E-state index contributed by atoms with van der Waals surface area (Å²) in [5.41, 5.74) is 6.56. The van der Waals surface area contributed by atoms with E-state index < -0.39 is 13.0 Å². The van der Waals surface area contributed by atoms with Crippen LogP contribution in [0.15, 0.2) is 79.0 Å². The zero-order valence-electron chi connectivity index (χ0n) is 29.9. The first-order valence-electron chi connectivity index (χ1n) is 18.6. The molecule has 2 N–H and O–H groups in total. The van der Waals surface area contributed by atoms with Crippen molar-refractivity contribution in [1.29, 1.82) is 0 Å². The van der Waals surface area contributed by atoms with E-state index >= 15 is 0 Å². The molecule has 8 heteroatoms. The van der Waals surface area contributed by atoms with Gasteiger partial charge in [-0.25, -0.2) is 0 Å². The van der Waals surface area contributed by atoms with Gasteiger partial charge in [-0.3, -0.25) is 9.59 Å². The Kier molecular flexibility index (Phi) is 8.46. The molecule has 7 nitrogen and oxygen atoms in total. The number of H-pyrrole nitrogens is 1. The van der Waals surface area contributed by atoms with E-state index in [1.165, 1.54) is 17.5 Å². The van der Waals surface area contributed by atoms with Crippen molar-refractivity contribution >= 4 is 29.9 Å². The summed E-state index contributed by atoms with van der Waals surface area (Å²) >= 11 is 0. The third-order valence-electron chi connectivity index (χ3n) is 12.6. The van der Waals surface area contributed by atoms with Crippen molar-refractivity contribution in [2.24, 2.45) is 29.1 Å². The molecule has 1 saturated heterocycles. The minimum absolute atomic E-state index is 0.0266. The van der Waals surface area contributed by atoms with Crippen LogP contribution in [0.3, 0.4) is 0 Å². The van der Waals surface area contributed by atoms with E-state index in [2.05, 4.69) is 75.3 Å². The quantitative estimate of drug-likeness (QED) is 0.125. The topological polar surface area (TPSA) is 89.7 Å². The van der Waals surface area contributed by atoms with Gasteiger partial charge in [0.25, 0.3) is 0 Å². The largest absolute Gasteiger partial charge is 0.481 e. The Labute approximate surface area is 296 Å². The van der Waals surface area contributed by atoms with Crippen LogP contribution in [-0.2, 0) is 30.1 Å². The third kappa shape index (κ3) is 5.69. The van der Waals surface area contributed by atoms with Gasteiger partial charge in [-0.1, -0.05) is 94.4 Å². The van der Waals surface area contributed by atoms with Crippen LogP contribution in [0, 0.1) is 29.1 Å². The third-order valence-corrected chi connectivity index (χ3v) is 12.6. The molecule has 1 aromatic heterocycles. The summed E-state index contributed by atoms with van der Waals surface area (Å²) < 4.78 is 19.6. The van der Waals surface area contributed by atoms with E-state index in [4.69, 9.17) is 14.0 Å². The molecule has 0 unspecified atom stereocenters. The lowest BCUT2D eigenvalue weighted by molar-refractivity contribution is -0.199. The molecule has 2 bridgehead atoms. The number of aromatic nitrogens is 1. The van der Waals surface area contributed by atoms with Crippen molar-refractivity contribution in [3.8, 4) is 11.1 Å². The van der Waals surface area contributed by atoms with Crippen LogP contribution in [-0.4, -0.2) is 48.2 Å². The van der Waals surface area contributed by atoms with Gasteiger partial charge in [-0.05, 0) is 89.7 Å². The molecule has 0 radical (unpaired) electrons. The molecular weight excluding hydrogens is 623 g/mol. The summed E-state index contributed by atoms with van der Waals surface area (Å²) in [4.78, 5) is 31.5. The number of para-hydroxylation sites is 1. The number of aromatic amines is 1. The lowest BCUT2D eigenvalue weighted by Gasteiger charge is -2.64. The molecular formula is C42H49BN2O5. The van der Waals surface area contributed by atoms with Crippen LogP contribution in [0.25, 0.3) is 22.0 Å². The van der Waals surface area contributed by atoms with Gasteiger partial charge in [0.2, 0.25) is 5.91 Å². The zero-order chi connectivity index (χ0) is 34.8. The summed E-state index contributed by atoms with van der Waals surface area (Å²) in [5, 5.41) is 4.40. The number of nitrogens with one attached hydrogen (secondary N) is 2. The highest BCUT2D eigenvalue weighted by molar-refractivity contribution is 6.47. The van der Waals surface area contributed by atoms with Crippen molar-refractivity contribution in [3.63, 3.8) is 0 Å². The second-order valence-corrected chi connectivity index (χ2v) is 16.5. The second kappa shape index (κ2) is 12.7. The summed E-state index contributed by atoms with van der Waals surface area (Å²) in [5.74, 6) is -0.176. The fraction of sp³-hybridized carbons (Fsp3) is 0.476. The van der Waals surface area contributed by atoms with E-state index in [9.17, 15) is 9.59 Å². The Morgan fingerprint density at radius 1 is 0.960 bits per heavy atom. The average molecular weight is 673 g/mol. The number of rotatable bonds is 11. The highest BCUT2D eigenvalue weighted by Gasteiger charge is 2.68. The number of ether oxygens (including phenoxy) is 1. The molecule has 260 valence electrons. The fourth-order valence-corrected chi connectivity index (χ4v) is 9.82. The van der Waals surface area contributed by atoms with E-state index in [0.29, 0.717) is 30.6 Å². The SMILES string of the molecule is CC(C)C[C@H](NC(=O)[C@@H](CC(=O)OCC1c2ccccc2-c2ccccc21)Cc1c[nH]c2ccccc12)B1O[C@@H]2C[C@@H]3C[C@@H](C3(C)C)[C@]2(C)O1. The van der Waals surface area contributed by atoms with Crippen LogP contribution >= 0.6 is 0 Å². The summed E-state index contributed by atoms with van der Waals surface area (Å²) in [7, 11) is -0.533. The van der Waals surface area contributed by atoms with E-state index in [-0.39, 0.29) is 53.9 Å². The molecule has 1 amide bonds. The van der Waals surface area contributed by atoms with Crippen LogP contribution in [0.2, 0.25) is 0 Å². The molecule has 4 aromatic rings. The van der Waals surface area contributed by atoms with Crippen LogP contribution in [0.5, 0.6) is 0 Å². The van der Waals surface area contributed by atoms with Crippen LogP contribution in [0.1, 0.15) is 82.9 Å². The smallest absolute Gasteiger partial charge is 0.465 e. The van der Waals surface area contributed by atoms with Gasteiger partial charge in [0.15, 0.2) is 0 Å². The molecule has 9 rings (SSSR count). The number of carbonyl (C=O) groups excluding carboxylic acids is 2. The molecule has 5 aliphatic rings. The standard InChI is InChI=1S/C42H49BN2O5/c1-25(2)18-38(43-49-37-22-28-21-36(41(28,3)4)42(37,5)50-43)45-40(47)26(19-27-23-44-35-17-11-10-12-29(27)35)20-39(46)48-24-34-32-15-8-6-13-30(32)31-14-7-9-16-33(31)34/h6-17,23,25-26,28,34,36-38,44H,18-22,24H2,1-5H3,(H,45,47)/t26-,28+,36+,37-,38+,42+/m1/s1. The van der Waals surface area contributed by atoms with E-state index in [1.54, 1.807) is 0 Å². The summed E-state index contributed by atoms with van der Waals surface area (Å²) in [6.07, 6.45) is 5.23. The van der Waals surface area contributed by atoms with Gasteiger partial charge in [-0.15, -0.1) is 0 Å². The van der Waals surface area contributed by atoms with Gasteiger partial charge in [0.1, 0.15) is 6.61 Å². The minimum Gasteiger partial charge on any atom is -0.465 e. The molecule has 4 fully saturated rings. The maximum absolute atomic E-state index is 14.4. The van der Waals surface area contributed by atoms with Gasteiger partial charge in [-0.2, -0.15) is 0 Å². The molecule has 6 atom stereocenters.